The summed E-state index contributed by atoms with van der Waals surface area (Å²) in [6.45, 7) is 3.19. The fourth-order valence-corrected chi connectivity index (χ4v) is 2.79. The van der Waals surface area contributed by atoms with Crippen molar-refractivity contribution in [3.05, 3.63) is 35.4 Å². The summed E-state index contributed by atoms with van der Waals surface area (Å²) in [6.07, 6.45) is 3.74. The lowest BCUT2D eigenvalue weighted by molar-refractivity contribution is 0.120. The van der Waals surface area contributed by atoms with Crippen molar-refractivity contribution in [1.29, 1.82) is 0 Å². The molecule has 24 heavy (non-hydrogen) atoms. The van der Waals surface area contributed by atoms with Crippen LogP contribution in [0.2, 0.25) is 0 Å². The Balaban J connectivity index is 0.00000288. The summed E-state index contributed by atoms with van der Waals surface area (Å²) in [4.78, 5) is 4.47. The average Bonchev–Trinajstić information content (AvgIpc) is 2.49. The van der Waals surface area contributed by atoms with Gasteiger partial charge in [-0.25, -0.2) is 8.78 Å². The van der Waals surface area contributed by atoms with Crippen molar-refractivity contribution in [1.82, 2.24) is 10.6 Å². The van der Waals surface area contributed by atoms with Gasteiger partial charge in [-0.05, 0) is 56.7 Å². The van der Waals surface area contributed by atoms with E-state index >= 15 is 0 Å². The topological polar surface area (TPSA) is 56.7 Å². The minimum atomic E-state index is -0.560. The van der Waals surface area contributed by atoms with Crippen molar-refractivity contribution in [2.24, 2.45) is 4.99 Å². The van der Waals surface area contributed by atoms with Crippen LogP contribution in [0.15, 0.2) is 23.2 Å². The Kier molecular flexibility index (Phi) is 9.50. The summed E-state index contributed by atoms with van der Waals surface area (Å²) < 4.78 is 26.3. The molecule has 7 heteroatoms. The Morgan fingerprint density at radius 2 is 1.79 bits per heavy atom. The van der Waals surface area contributed by atoms with Gasteiger partial charge in [-0.3, -0.25) is 4.99 Å². The molecule has 4 nitrogen and oxygen atoms in total. The Labute approximate surface area is 159 Å². The van der Waals surface area contributed by atoms with Crippen LogP contribution in [0, 0.1) is 11.6 Å². The third-order valence-electron chi connectivity index (χ3n) is 3.97. The minimum absolute atomic E-state index is 0. The second kappa shape index (κ2) is 10.8. The second-order valence-electron chi connectivity index (χ2n) is 5.94. The van der Waals surface area contributed by atoms with Gasteiger partial charge >= 0.3 is 0 Å². The van der Waals surface area contributed by atoms with Gasteiger partial charge in [-0.1, -0.05) is 0 Å². The number of aliphatic hydroxyl groups is 1. The quantitative estimate of drug-likeness (QED) is 0.365. The lowest BCUT2D eigenvalue weighted by Crippen LogP contribution is -2.45. The largest absolute Gasteiger partial charge is 0.393 e. The molecule has 136 valence electrons. The van der Waals surface area contributed by atoms with E-state index < -0.39 is 11.6 Å². The molecule has 0 unspecified atom stereocenters. The molecule has 1 saturated carbocycles. The third kappa shape index (κ3) is 7.29. The van der Waals surface area contributed by atoms with Gasteiger partial charge in [0.25, 0.3) is 0 Å². The Hall–Kier alpha value is -0.960. The van der Waals surface area contributed by atoms with E-state index in [0.717, 1.165) is 38.3 Å². The molecule has 1 aliphatic carbocycles. The molecule has 1 aliphatic rings. The number of halogens is 3. The van der Waals surface area contributed by atoms with Gasteiger partial charge in [-0.2, -0.15) is 0 Å². The molecule has 0 spiro atoms. The zero-order chi connectivity index (χ0) is 16.7. The molecule has 0 saturated heterocycles. The van der Waals surface area contributed by atoms with E-state index in [9.17, 15) is 13.9 Å². The summed E-state index contributed by atoms with van der Waals surface area (Å²) in [5.41, 5.74) is 0.600. The molecular formula is C17H26F2IN3O. The highest BCUT2D eigenvalue weighted by atomic mass is 127. The zero-order valence-electron chi connectivity index (χ0n) is 13.9. The van der Waals surface area contributed by atoms with Gasteiger partial charge < -0.3 is 15.7 Å². The summed E-state index contributed by atoms with van der Waals surface area (Å²) in [5, 5.41) is 16.1. The van der Waals surface area contributed by atoms with Crippen LogP contribution in [0.25, 0.3) is 0 Å². The van der Waals surface area contributed by atoms with Crippen LogP contribution >= 0.6 is 24.0 Å². The van der Waals surface area contributed by atoms with Crippen molar-refractivity contribution in [3.63, 3.8) is 0 Å². The van der Waals surface area contributed by atoms with E-state index in [1.807, 2.05) is 6.92 Å². The fraction of sp³-hybridized carbons (Fsp3) is 0.588. The molecule has 0 aromatic heterocycles. The maximum Gasteiger partial charge on any atom is 0.191 e. The fourth-order valence-electron chi connectivity index (χ4n) is 2.79. The van der Waals surface area contributed by atoms with Crippen LogP contribution in [0.3, 0.4) is 0 Å². The number of nitrogens with one attached hydrogen (secondary N) is 2. The van der Waals surface area contributed by atoms with E-state index in [4.69, 9.17) is 0 Å². The first-order valence-electron chi connectivity index (χ1n) is 8.24. The van der Waals surface area contributed by atoms with Crippen molar-refractivity contribution in [2.75, 3.05) is 13.1 Å². The summed E-state index contributed by atoms with van der Waals surface area (Å²) in [6, 6.07) is 3.85. The first-order valence-corrected chi connectivity index (χ1v) is 8.24. The van der Waals surface area contributed by atoms with Gasteiger partial charge in [-0.15, -0.1) is 24.0 Å². The molecule has 1 aromatic rings. The zero-order valence-corrected chi connectivity index (χ0v) is 16.2. The van der Waals surface area contributed by atoms with Crippen LogP contribution in [-0.2, 0) is 6.42 Å². The molecule has 1 fully saturated rings. The monoisotopic (exact) mass is 453 g/mol. The van der Waals surface area contributed by atoms with Crippen molar-refractivity contribution in [2.45, 2.75) is 51.2 Å². The van der Waals surface area contributed by atoms with E-state index in [-0.39, 0.29) is 30.1 Å². The maximum atomic E-state index is 13.2. The Bertz CT molecular complexity index is 514. The van der Waals surface area contributed by atoms with E-state index in [1.54, 1.807) is 0 Å². The van der Waals surface area contributed by atoms with Crippen LogP contribution < -0.4 is 10.6 Å². The molecule has 0 bridgehead atoms. The smallest absolute Gasteiger partial charge is 0.191 e. The highest BCUT2D eigenvalue weighted by Crippen LogP contribution is 2.18. The number of rotatable bonds is 5. The molecule has 1 aromatic carbocycles. The molecular weight excluding hydrogens is 427 g/mol. The highest BCUT2D eigenvalue weighted by molar-refractivity contribution is 14.0. The Morgan fingerprint density at radius 1 is 1.17 bits per heavy atom. The number of hydrogen-bond acceptors (Lipinski definition) is 2. The highest BCUT2D eigenvalue weighted by Gasteiger charge is 2.19. The molecule has 0 atom stereocenters. The lowest BCUT2D eigenvalue weighted by Gasteiger charge is -2.27. The Morgan fingerprint density at radius 3 is 2.38 bits per heavy atom. The van der Waals surface area contributed by atoms with Crippen molar-refractivity contribution in [3.8, 4) is 0 Å². The molecule has 0 amide bonds. The number of hydrogen-bond donors (Lipinski definition) is 3. The first kappa shape index (κ1) is 21.1. The average molecular weight is 453 g/mol. The van der Waals surface area contributed by atoms with E-state index in [2.05, 4.69) is 15.6 Å². The third-order valence-corrected chi connectivity index (χ3v) is 3.97. The first-order chi connectivity index (χ1) is 11.1. The second-order valence-corrected chi connectivity index (χ2v) is 5.94. The van der Waals surface area contributed by atoms with Gasteiger partial charge in [0.1, 0.15) is 11.6 Å². The molecule has 0 aliphatic heterocycles. The summed E-state index contributed by atoms with van der Waals surface area (Å²) >= 11 is 0. The predicted molar refractivity (Wildman–Crippen MR) is 103 cm³/mol. The predicted octanol–water partition coefficient (Wildman–Crippen LogP) is 2.98. The summed E-state index contributed by atoms with van der Waals surface area (Å²) in [7, 11) is 0. The maximum absolute atomic E-state index is 13.2. The SMILES string of the molecule is CCNC(=NCCc1cc(F)cc(F)c1)NC1CCC(O)CC1.I. The van der Waals surface area contributed by atoms with Crippen LogP contribution in [-0.4, -0.2) is 36.3 Å². The standard InChI is InChI=1S/C17H25F2N3O.HI/c1-2-20-17(22-15-3-5-16(23)6-4-15)21-8-7-12-9-13(18)11-14(19)10-12;/h9-11,15-16,23H,2-8H2,1H3,(H2,20,21,22);1H. The lowest BCUT2D eigenvalue weighted by atomic mass is 9.93. The summed E-state index contributed by atoms with van der Waals surface area (Å²) in [5.74, 6) is -0.407. The van der Waals surface area contributed by atoms with Crippen LogP contribution in [0.5, 0.6) is 0 Å². The molecule has 0 heterocycles. The van der Waals surface area contributed by atoms with Gasteiger partial charge in [0.15, 0.2) is 5.96 Å². The molecule has 2 rings (SSSR count). The van der Waals surface area contributed by atoms with E-state index in [1.165, 1.54) is 12.1 Å². The van der Waals surface area contributed by atoms with Gasteiger partial charge in [0, 0.05) is 25.2 Å². The number of guanidine groups is 1. The minimum Gasteiger partial charge on any atom is -0.393 e. The number of aliphatic imine (C=N–C) groups is 1. The van der Waals surface area contributed by atoms with Crippen LogP contribution in [0.1, 0.15) is 38.2 Å². The number of benzene rings is 1. The number of nitrogens with zero attached hydrogens (tertiary/aromatic N) is 1. The number of aliphatic hydroxyl groups excluding tert-OH is 1. The molecule has 3 N–H and O–H groups in total. The van der Waals surface area contributed by atoms with E-state index in [0.29, 0.717) is 30.5 Å². The van der Waals surface area contributed by atoms with Gasteiger partial charge in [0.05, 0.1) is 6.10 Å². The normalized spacial score (nSPS) is 21.1. The van der Waals surface area contributed by atoms with Crippen molar-refractivity contribution >= 4 is 29.9 Å². The molecule has 0 radical (unpaired) electrons. The van der Waals surface area contributed by atoms with Crippen LogP contribution in [0.4, 0.5) is 8.78 Å². The van der Waals surface area contributed by atoms with Gasteiger partial charge in [0.2, 0.25) is 0 Å². The van der Waals surface area contributed by atoms with Crippen molar-refractivity contribution < 1.29 is 13.9 Å².